The number of hydrogen-bond donors (Lipinski definition) is 1. The molecular weight excluding hydrogens is 641 g/mol. The first kappa shape index (κ1) is 35.9. The zero-order chi connectivity index (χ0) is 35.7. The number of thioether (sulfide) groups is 1. The number of carbonyl (C=O) groups is 3. The predicted molar refractivity (Wildman–Crippen MR) is 190 cm³/mol. The fraction of sp³-hybridized carbons (Fsp3) is 0.385. The maximum absolute atomic E-state index is 14.2. The molecule has 2 atom stereocenters. The first-order valence-electron chi connectivity index (χ1n) is 16.2. The third-order valence-corrected chi connectivity index (χ3v) is 9.98. The first-order chi connectivity index (χ1) is 23.1. The lowest BCUT2D eigenvalue weighted by atomic mass is 9.78. The van der Waals surface area contributed by atoms with Gasteiger partial charge in [0.15, 0.2) is 6.10 Å². The van der Waals surface area contributed by atoms with Crippen LogP contribution in [0.2, 0.25) is 0 Å². The van der Waals surface area contributed by atoms with Gasteiger partial charge < -0.3 is 19.3 Å². The van der Waals surface area contributed by atoms with E-state index in [0.717, 1.165) is 22.3 Å². The van der Waals surface area contributed by atoms with E-state index < -0.39 is 35.0 Å². The SMILES string of the molecule is CO[C@@]1(N=Cc2cc(C(C)(C)C)c(O)c(C(C)(C)C)c2)C(=O)N2C(C(=O)OC(c3ccccc3)c3ccccc3)=C(COC(C)=O)CS[C@H]21. The molecule has 1 saturated heterocycles. The molecule has 0 radical (unpaired) electrons. The van der Waals surface area contributed by atoms with E-state index >= 15 is 0 Å². The highest BCUT2D eigenvalue weighted by atomic mass is 32.2. The maximum Gasteiger partial charge on any atom is 0.356 e. The Kier molecular flexibility index (Phi) is 10.1. The van der Waals surface area contributed by atoms with Crippen LogP contribution < -0.4 is 0 Å². The van der Waals surface area contributed by atoms with Crippen LogP contribution in [0.1, 0.15) is 82.4 Å². The second-order valence-corrected chi connectivity index (χ2v) is 15.4. The molecule has 0 bridgehead atoms. The van der Waals surface area contributed by atoms with E-state index in [1.165, 1.54) is 30.7 Å². The van der Waals surface area contributed by atoms with Gasteiger partial charge in [0.05, 0.1) is 0 Å². The Balaban J connectivity index is 1.52. The zero-order valence-corrected chi connectivity index (χ0v) is 30.1. The van der Waals surface area contributed by atoms with Gasteiger partial charge >= 0.3 is 11.9 Å². The minimum atomic E-state index is -1.62. The molecule has 49 heavy (non-hydrogen) atoms. The Morgan fingerprint density at radius 2 is 1.51 bits per heavy atom. The molecule has 0 unspecified atom stereocenters. The molecule has 1 N–H and O–H groups in total. The second-order valence-electron chi connectivity index (χ2n) is 14.3. The van der Waals surface area contributed by atoms with Crippen molar-refractivity contribution in [2.75, 3.05) is 19.5 Å². The van der Waals surface area contributed by atoms with Gasteiger partial charge in [0.25, 0.3) is 11.6 Å². The number of esters is 2. The van der Waals surface area contributed by atoms with Crippen LogP contribution in [-0.4, -0.2) is 64.6 Å². The molecule has 1 fully saturated rings. The number of rotatable bonds is 9. The minimum Gasteiger partial charge on any atom is -0.507 e. The van der Waals surface area contributed by atoms with Crippen LogP contribution in [0.5, 0.6) is 5.75 Å². The summed E-state index contributed by atoms with van der Waals surface area (Å²) in [5.74, 6) is -1.27. The Bertz CT molecular complexity index is 1720. The molecule has 2 aliphatic rings. The van der Waals surface area contributed by atoms with Crippen molar-refractivity contribution in [3.63, 3.8) is 0 Å². The average Bonchev–Trinajstić information content (AvgIpc) is 3.06. The number of aliphatic imine (C=N–C) groups is 1. The highest BCUT2D eigenvalue weighted by molar-refractivity contribution is 8.00. The maximum atomic E-state index is 14.2. The number of fused-ring (bicyclic) bond motifs is 1. The summed E-state index contributed by atoms with van der Waals surface area (Å²) < 4.78 is 17.4. The number of phenolic OH excluding ortho intramolecular Hbond substituents is 1. The number of aromatic hydroxyl groups is 1. The average molecular weight is 685 g/mol. The van der Waals surface area contributed by atoms with Crippen molar-refractivity contribution < 1.29 is 33.7 Å². The van der Waals surface area contributed by atoms with Crippen LogP contribution in [0, 0.1) is 0 Å². The number of carbonyl (C=O) groups excluding carboxylic acids is 3. The van der Waals surface area contributed by atoms with E-state index in [4.69, 9.17) is 19.2 Å². The Morgan fingerprint density at radius 3 is 1.98 bits per heavy atom. The largest absolute Gasteiger partial charge is 0.507 e. The number of ether oxygens (including phenoxy) is 3. The summed E-state index contributed by atoms with van der Waals surface area (Å²) in [6.07, 6.45) is 0.843. The Labute approximate surface area is 292 Å². The van der Waals surface area contributed by atoms with Crippen LogP contribution in [0.3, 0.4) is 0 Å². The second kappa shape index (κ2) is 13.8. The lowest BCUT2D eigenvalue weighted by Gasteiger charge is -2.54. The zero-order valence-electron chi connectivity index (χ0n) is 29.3. The summed E-state index contributed by atoms with van der Waals surface area (Å²) in [7, 11) is 1.42. The number of methoxy groups -OCH3 is 1. The van der Waals surface area contributed by atoms with Crippen molar-refractivity contribution in [2.24, 2.45) is 4.99 Å². The summed E-state index contributed by atoms with van der Waals surface area (Å²) in [6.45, 7) is 13.3. The third kappa shape index (κ3) is 7.16. The topological polar surface area (TPSA) is 115 Å². The van der Waals surface area contributed by atoms with E-state index in [1.54, 1.807) is 6.21 Å². The van der Waals surface area contributed by atoms with Crippen molar-refractivity contribution in [3.8, 4) is 5.75 Å². The third-order valence-electron chi connectivity index (χ3n) is 8.62. The summed E-state index contributed by atoms with van der Waals surface area (Å²) in [6, 6.07) is 22.5. The number of amides is 1. The summed E-state index contributed by atoms with van der Waals surface area (Å²) in [5.41, 5.74) is 1.88. The molecule has 1 amide bonds. The quantitative estimate of drug-likeness (QED) is 0.149. The molecule has 3 aromatic rings. The van der Waals surface area contributed by atoms with Gasteiger partial charge in [-0.15, -0.1) is 11.8 Å². The number of phenols is 1. The number of hydrogen-bond acceptors (Lipinski definition) is 9. The summed E-state index contributed by atoms with van der Waals surface area (Å²) in [5, 5.41) is 10.5. The van der Waals surface area contributed by atoms with E-state index in [-0.39, 0.29) is 34.6 Å². The van der Waals surface area contributed by atoms with Crippen LogP contribution >= 0.6 is 11.8 Å². The van der Waals surface area contributed by atoms with Crippen LogP contribution in [0.4, 0.5) is 0 Å². The smallest absolute Gasteiger partial charge is 0.356 e. The van der Waals surface area contributed by atoms with Crippen molar-refractivity contribution in [1.29, 1.82) is 0 Å². The number of nitrogens with zero attached hydrogens (tertiary/aromatic N) is 2. The molecular formula is C39H44N2O7S. The van der Waals surface area contributed by atoms with Gasteiger partial charge in [0.1, 0.15) is 23.4 Å². The monoisotopic (exact) mass is 684 g/mol. The summed E-state index contributed by atoms with van der Waals surface area (Å²) in [4.78, 5) is 46.3. The molecule has 0 aromatic heterocycles. The highest BCUT2D eigenvalue weighted by Crippen LogP contribution is 2.49. The molecule has 0 saturated carbocycles. The van der Waals surface area contributed by atoms with E-state index in [1.807, 2.05) is 114 Å². The fourth-order valence-electron chi connectivity index (χ4n) is 6.01. The molecule has 0 aliphatic carbocycles. The molecule has 3 aromatic carbocycles. The van der Waals surface area contributed by atoms with Crippen molar-refractivity contribution in [1.82, 2.24) is 4.90 Å². The fourth-order valence-corrected chi connectivity index (χ4v) is 7.42. The van der Waals surface area contributed by atoms with Gasteiger partial charge in [0, 0.05) is 42.7 Å². The Hall–Kier alpha value is -4.41. The van der Waals surface area contributed by atoms with Crippen LogP contribution in [0.25, 0.3) is 0 Å². The van der Waals surface area contributed by atoms with E-state index in [9.17, 15) is 19.5 Å². The van der Waals surface area contributed by atoms with E-state index in [0.29, 0.717) is 11.1 Å². The molecule has 9 nitrogen and oxygen atoms in total. The van der Waals surface area contributed by atoms with Gasteiger partial charge in [-0.05, 0) is 39.7 Å². The van der Waals surface area contributed by atoms with Gasteiger partial charge in [-0.1, -0.05) is 102 Å². The lowest BCUT2D eigenvalue weighted by molar-refractivity contribution is -0.183. The minimum absolute atomic E-state index is 0.0180. The first-order valence-corrected chi connectivity index (χ1v) is 17.2. The van der Waals surface area contributed by atoms with Crippen molar-refractivity contribution in [2.45, 2.75) is 76.5 Å². The van der Waals surface area contributed by atoms with Gasteiger partial charge in [-0.2, -0.15) is 0 Å². The van der Waals surface area contributed by atoms with Gasteiger partial charge in [0.2, 0.25) is 0 Å². The standard InChI is InChI=1S/C39H44N2O7S/c1-24(42)47-22-28-23-49-36-39(46-8,40-21-25-19-29(37(2,3)4)32(43)30(20-25)38(5,6)7)35(45)41(36)31(28)34(44)48-33(26-15-11-9-12-16-26)27-17-13-10-14-18-27/h9-21,33,36,43H,22-23H2,1-8H3/t36-,39-/m0/s1. The molecule has 5 rings (SSSR count). The van der Waals surface area contributed by atoms with Crippen LogP contribution in [0.15, 0.2) is 89.1 Å². The highest BCUT2D eigenvalue weighted by Gasteiger charge is 2.66. The molecule has 2 aliphatic heterocycles. The van der Waals surface area contributed by atoms with Crippen molar-refractivity contribution in [3.05, 3.63) is 112 Å². The molecule has 10 heteroatoms. The predicted octanol–water partition coefficient (Wildman–Crippen LogP) is 6.81. The normalized spacial score (nSPS) is 19.6. The van der Waals surface area contributed by atoms with Crippen LogP contribution in [-0.2, 0) is 39.4 Å². The number of β-lactam (4-membered cyclic amide) rings is 1. The Morgan fingerprint density at radius 1 is 0.980 bits per heavy atom. The molecule has 258 valence electrons. The van der Waals surface area contributed by atoms with Gasteiger partial charge in [-0.3, -0.25) is 14.5 Å². The molecule has 0 spiro atoms. The number of benzene rings is 3. The van der Waals surface area contributed by atoms with Gasteiger partial charge in [-0.25, -0.2) is 9.79 Å². The van der Waals surface area contributed by atoms with E-state index in [2.05, 4.69) is 0 Å². The summed E-state index contributed by atoms with van der Waals surface area (Å²) >= 11 is 1.36. The lowest BCUT2D eigenvalue weighted by Crippen LogP contribution is -2.73. The van der Waals surface area contributed by atoms with Crippen molar-refractivity contribution >= 4 is 35.8 Å². The molecule has 2 heterocycles.